The second-order valence-electron chi connectivity index (χ2n) is 3.36. The van der Waals surface area contributed by atoms with Gasteiger partial charge in [-0.2, -0.15) is 0 Å². The Balaban J connectivity index is 3.15. The summed E-state index contributed by atoms with van der Waals surface area (Å²) in [5.41, 5.74) is 0.487. The van der Waals surface area contributed by atoms with E-state index in [4.69, 9.17) is 21.1 Å². The Bertz CT molecular complexity index is 388. The van der Waals surface area contributed by atoms with Gasteiger partial charge in [0.2, 0.25) is 0 Å². The third kappa shape index (κ3) is 2.67. The van der Waals surface area contributed by atoms with E-state index in [2.05, 4.69) is 0 Å². The van der Waals surface area contributed by atoms with Gasteiger partial charge < -0.3 is 9.47 Å². The predicted molar refractivity (Wildman–Crippen MR) is 63.8 cm³/mol. The highest BCUT2D eigenvalue weighted by Crippen LogP contribution is 2.33. The largest absolute Gasteiger partial charge is 0.493 e. The summed E-state index contributed by atoms with van der Waals surface area (Å²) in [5.74, 6) is 1.07. The van der Waals surface area contributed by atoms with Crippen molar-refractivity contribution in [3.8, 4) is 11.5 Å². The fraction of sp³-hybridized carbons (Fsp3) is 0.417. The van der Waals surface area contributed by atoms with Crippen molar-refractivity contribution < 1.29 is 14.3 Å². The molecule has 3 nitrogen and oxygen atoms in total. The summed E-state index contributed by atoms with van der Waals surface area (Å²) in [4.78, 5) is 11.8. The number of hydrogen-bond donors (Lipinski definition) is 0. The molecule has 0 aliphatic carbocycles. The van der Waals surface area contributed by atoms with Crippen molar-refractivity contribution in [3.63, 3.8) is 0 Å². The van der Waals surface area contributed by atoms with E-state index in [1.807, 2.05) is 6.92 Å². The van der Waals surface area contributed by atoms with Crippen LogP contribution in [0, 0.1) is 0 Å². The standard InChI is InChI=1S/C12H15ClO3/c1-4-5-10(14)8-6-11(15-2)12(16-3)7-9(8)13/h6-7H,4-5H2,1-3H3. The number of hydrogen-bond acceptors (Lipinski definition) is 3. The first-order valence-electron chi connectivity index (χ1n) is 5.08. The van der Waals surface area contributed by atoms with Gasteiger partial charge in [-0.3, -0.25) is 4.79 Å². The van der Waals surface area contributed by atoms with Crippen LogP contribution in [0.5, 0.6) is 11.5 Å². The van der Waals surface area contributed by atoms with Gasteiger partial charge in [0.15, 0.2) is 17.3 Å². The second kappa shape index (κ2) is 5.75. The molecule has 0 saturated carbocycles. The smallest absolute Gasteiger partial charge is 0.164 e. The van der Waals surface area contributed by atoms with Crippen molar-refractivity contribution in [2.45, 2.75) is 19.8 Å². The van der Waals surface area contributed by atoms with Gasteiger partial charge in [-0.25, -0.2) is 0 Å². The molecule has 1 rings (SSSR count). The van der Waals surface area contributed by atoms with E-state index in [1.54, 1.807) is 12.1 Å². The summed E-state index contributed by atoms with van der Waals surface area (Å²) in [5, 5.41) is 0.399. The molecule has 0 aliphatic heterocycles. The Morgan fingerprint density at radius 3 is 2.31 bits per heavy atom. The van der Waals surface area contributed by atoms with Crippen LogP contribution in [0.15, 0.2) is 12.1 Å². The van der Waals surface area contributed by atoms with Gasteiger partial charge in [-0.1, -0.05) is 18.5 Å². The Labute approximate surface area is 100 Å². The van der Waals surface area contributed by atoms with Gasteiger partial charge in [0.1, 0.15) is 0 Å². The molecule has 0 spiro atoms. The highest BCUT2D eigenvalue weighted by molar-refractivity contribution is 6.34. The van der Waals surface area contributed by atoms with Crippen molar-refractivity contribution in [3.05, 3.63) is 22.7 Å². The van der Waals surface area contributed by atoms with Gasteiger partial charge in [-0.05, 0) is 12.5 Å². The quantitative estimate of drug-likeness (QED) is 0.743. The van der Waals surface area contributed by atoms with Gasteiger partial charge in [0.25, 0.3) is 0 Å². The monoisotopic (exact) mass is 242 g/mol. The van der Waals surface area contributed by atoms with Crippen molar-refractivity contribution in [1.29, 1.82) is 0 Å². The van der Waals surface area contributed by atoms with Crippen LogP contribution in [-0.4, -0.2) is 20.0 Å². The zero-order valence-electron chi connectivity index (χ0n) is 9.67. The summed E-state index contributed by atoms with van der Waals surface area (Å²) in [6, 6.07) is 3.22. The van der Waals surface area contributed by atoms with E-state index in [1.165, 1.54) is 14.2 Å². The molecule has 1 aromatic carbocycles. The van der Waals surface area contributed by atoms with Crippen LogP contribution in [0.1, 0.15) is 30.1 Å². The number of carbonyl (C=O) groups excluding carboxylic acids is 1. The molecule has 88 valence electrons. The minimum Gasteiger partial charge on any atom is -0.493 e. The first-order valence-corrected chi connectivity index (χ1v) is 5.46. The molecule has 0 heterocycles. The van der Waals surface area contributed by atoms with Gasteiger partial charge in [0.05, 0.1) is 19.2 Å². The maximum Gasteiger partial charge on any atom is 0.164 e. The Kier molecular flexibility index (Phi) is 4.62. The molecule has 16 heavy (non-hydrogen) atoms. The first-order chi connectivity index (χ1) is 7.63. The number of halogens is 1. The number of carbonyl (C=O) groups is 1. The van der Waals surface area contributed by atoms with Gasteiger partial charge in [0, 0.05) is 18.1 Å². The van der Waals surface area contributed by atoms with Crippen LogP contribution in [0.25, 0.3) is 0 Å². The molecule has 0 bridgehead atoms. The molecule has 4 heteroatoms. The van der Waals surface area contributed by atoms with Crippen LogP contribution in [0.4, 0.5) is 0 Å². The lowest BCUT2D eigenvalue weighted by atomic mass is 10.1. The van der Waals surface area contributed by atoms with Crippen LogP contribution in [0.3, 0.4) is 0 Å². The maximum atomic E-state index is 11.8. The van der Waals surface area contributed by atoms with Crippen molar-refractivity contribution >= 4 is 17.4 Å². The van der Waals surface area contributed by atoms with E-state index >= 15 is 0 Å². The predicted octanol–water partition coefficient (Wildman–Crippen LogP) is 3.34. The van der Waals surface area contributed by atoms with E-state index in [0.717, 1.165) is 6.42 Å². The Morgan fingerprint density at radius 2 is 1.81 bits per heavy atom. The van der Waals surface area contributed by atoms with E-state index < -0.39 is 0 Å². The number of methoxy groups -OCH3 is 2. The number of ether oxygens (including phenoxy) is 2. The summed E-state index contributed by atoms with van der Waals surface area (Å²) < 4.78 is 10.2. The minimum absolute atomic E-state index is 0.0217. The lowest BCUT2D eigenvalue weighted by Gasteiger charge is -2.10. The number of rotatable bonds is 5. The van der Waals surface area contributed by atoms with Crippen LogP contribution >= 0.6 is 11.6 Å². The van der Waals surface area contributed by atoms with Crippen LogP contribution < -0.4 is 9.47 Å². The molecule has 0 N–H and O–H groups in total. The SMILES string of the molecule is CCCC(=O)c1cc(OC)c(OC)cc1Cl. The second-order valence-corrected chi connectivity index (χ2v) is 3.77. The van der Waals surface area contributed by atoms with Crippen molar-refractivity contribution in [1.82, 2.24) is 0 Å². The number of Topliss-reactive ketones (excluding diaryl/α,β-unsaturated/α-hetero) is 1. The molecule has 0 aromatic heterocycles. The topological polar surface area (TPSA) is 35.5 Å². The summed E-state index contributed by atoms with van der Waals surface area (Å²) in [7, 11) is 3.06. The number of ketones is 1. The fourth-order valence-corrected chi connectivity index (χ4v) is 1.69. The zero-order chi connectivity index (χ0) is 12.1. The lowest BCUT2D eigenvalue weighted by Crippen LogP contribution is -2.01. The minimum atomic E-state index is 0.0217. The molecule has 1 aromatic rings. The van der Waals surface area contributed by atoms with E-state index in [9.17, 15) is 4.79 Å². The maximum absolute atomic E-state index is 11.8. The van der Waals surface area contributed by atoms with E-state index in [0.29, 0.717) is 28.5 Å². The molecule has 0 aliphatic rings. The zero-order valence-corrected chi connectivity index (χ0v) is 10.4. The first kappa shape index (κ1) is 12.8. The Morgan fingerprint density at radius 1 is 1.25 bits per heavy atom. The summed E-state index contributed by atoms with van der Waals surface area (Å²) in [6.45, 7) is 1.95. The molecule has 0 fully saturated rings. The average Bonchev–Trinajstić information content (AvgIpc) is 2.28. The molecule has 0 atom stereocenters. The molecule has 0 radical (unpaired) electrons. The molecular formula is C12H15ClO3. The number of benzene rings is 1. The van der Waals surface area contributed by atoms with Gasteiger partial charge >= 0.3 is 0 Å². The van der Waals surface area contributed by atoms with E-state index in [-0.39, 0.29) is 5.78 Å². The Hall–Kier alpha value is -1.22. The average molecular weight is 243 g/mol. The van der Waals surface area contributed by atoms with Crippen LogP contribution in [-0.2, 0) is 0 Å². The summed E-state index contributed by atoms with van der Waals surface area (Å²) >= 11 is 6.01. The third-order valence-corrected chi connectivity index (χ3v) is 2.56. The van der Waals surface area contributed by atoms with Crippen LogP contribution in [0.2, 0.25) is 5.02 Å². The lowest BCUT2D eigenvalue weighted by molar-refractivity contribution is 0.0981. The highest BCUT2D eigenvalue weighted by Gasteiger charge is 2.14. The molecule has 0 amide bonds. The highest BCUT2D eigenvalue weighted by atomic mass is 35.5. The fourth-order valence-electron chi connectivity index (χ4n) is 1.43. The molecule has 0 unspecified atom stereocenters. The molecular weight excluding hydrogens is 228 g/mol. The van der Waals surface area contributed by atoms with Crippen molar-refractivity contribution in [2.24, 2.45) is 0 Å². The summed E-state index contributed by atoms with van der Waals surface area (Å²) in [6.07, 6.45) is 1.28. The molecule has 0 saturated heterocycles. The van der Waals surface area contributed by atoms with Gasteiger partial charge in [-0.15, -0.1) is 0 Å². The van der Waals surface area contributed by atoms with Crippen molar-refractivity contribution in [2.75, 3.05) is 14.2 Å². The third-order valence-electron chi connectivity index (χ3n) is 2.25. The normalized spacial score (nSPS) is 10.0.